The molecule has 98 valence electrons. The third-order valence-corrected chi connectivity index (χ3v) is 3.57. The molecule has 0 heterocycles. The van der Waals surface area contributed by atoms with Crippen molar-refractivity contribution in [1.82, 2.24) is 0 Å². The van der Waals surface area contributed by atoms with Crippen LogP contribution in [0.25, 0.3) is 11.1 Å². The van der Waals surface area contributed by atoms with Crippen LogP contribution in [0.3, 0.4) is 0 Å². The van der Waals surface area contributed by atoms with Gasteiger partial charge >= 0.3 is 5.97 Å². The Morgan fingerprint density at radius 2 is 1.74 bits per heavy atom. The van der Waals surface area contributed by atoms with Crippen molar-refractivity contribution in [1.29, 1.82) is 0 Å². The Bertz CT molecular complexity index is 610. The minimum atomic E-state index is -1.10. The summed E-state index contributed by atoms with van der Waals surface area (Å²) in [7, 11) is 0. The van der Waals surface area contributed by atoms with Crippen LogP contribution in [0, 0.1) is 0 Å². The molecule has 1 unspecified atom stereocenters. The van der Waals surface area contributed by atoms with Crippen LogP contribution >= 0.6 is 15.9 Å². The van der Waals surface area contributed by atoms with Crippen molar-refractivity contribution in [2.45, 2.75) is 4.83 Å². The molecular weight excluding hydrogens is 312 g/mol. The summed E-state index contributed by atoms with van der Waals surface area (Å²) < 4.78 is 0. The van der Waals surface area contributed by atoms with E-state index in [4.69, 9.17) is 5.11 Å². The van der Waals surface area contributed by atoms with Gasteiger partial charge in [0.25, 0.3) is 0 Å². The van der Waals surface area contributed by atoms with E-state index in [9.17, 15) is 15.0 Å². The van der Waals surface area contributed by atoms with E-state index in [0.29, 0.717) is 16.7 Å². The Morgan fingerprint density at radius 1 is 1.11 bits per heavy atom. The monoisotopic (exact) mass is 322 g/mol. The molecule has 0 aliphatic heterocycles. The fourth-order valence-corrected chi connectivity index (χ4v) is 2.25. The molecule has 0 aliphatic carbocycles. The highest BCUT2D eigenvalue weighted by atomic mass is 79.9. The van der Waals surface area contributed by atoms with Crippen molar-refractivity contribution < 1.29 is 20.1 Å². The van der Waals surface area contributed by atoms with Gasteiger partial charge in [-0.15, -0.1) is 0 Å². The number of phenols is 2. The van der Waals surface area contributed by atoms with Crippen LogP contribution in [0.2, 0.25) is 0 Å². The average Bonchev–Trinajstić information content (AvgIpc) is 2.37. The van der Waals surface area contributed by atoms with Crippen LogP contribution in [0.5, 0.6) is 11.5 Å². The van der Waals surface area contributed by atoms with Crippen LogP contribution in [-0.2, 0) is 4.79 Å². The number of alkyl halides is 1. The van der Waals surface area contributed by atoms with Crippen LogP contribution < -0.4 is 0 Å². The molecule has 0 saturated heterocycles. The second-order valence-electron chi connectivity index (χ2n) is 4.00. The van der Waals surface area contributed by atoms with E-state index in [-0.39, 0.29) is 11.5 Å². The Morgan fingerprint density at radius 3 is 2.32 bits per heavy atom. The summed E-state index contributed by atoms with van der Waals surface area (Å²) >= 11 is 3.05. The van der Waals surface area contributed by atoms with Crippen molar-refractivity contribution in [3.05, 3.63) is 48.0 Å². The minimum Gasteiger partial charge on any atom is -0.508 e. The number of hydrogen-bond donors (Lipinski definition) is 3. The maximum atomic E-state index is 11.1. The molecule has 0 fully saturated rings. The Kier molecular flexibility index (Phi) is 3.76. The molecule has 0 aromatic heterocycles. The molecule has 19 heavy (non-hydrogen) atoms. The van der Waals surface area contributed by atoms with Crippen LogP contribution in [-0.4, -0.2) is 21.3 Å². The zero-order valence-corrected chi connectivity index (χ0v) is 11.3. The van der Waals surface area contributed by atoms with Gasteiger partial charge < -0.3 is 15.3 Å². The third-order valence-electron chi connectivity index (χ3n) is 2.69. The first-order chi connectivity index (χ1) is 9.00. The zero-order valence-electron chi connectivity index (χ0n) is 9.75. The molecule has 4 nitrogen and oxygen atoms in total. The summed E-state index contributed by atoms with van der Waals surface area (Å²) in [5.41, 5.74) is 1.37. The molecular formula is C14H11BrO4. The molecule has 3 N–H and O–H groups in total. The van der Waals surface area contributed by atoms with Crippen LogP contribution in [0.4, 0.5) is 0 Å². The number of benzene rings is 2. The number of aliphatic carboxylic acids is 1. The number of carbonyl (C=O) groups is 1. The predicted octanol–water partition coefficient (Wildman–Crippen LogP) is 3.29. The topological polar surface area (TPSA) is 77.8 Å². The number of carboxylic acids is 1. The first-order valence-electron chi connectivity index (χ1n) is 5.49. The van der Waals surface area contributed by atoms with E-state index in [1.54, 1.807) is 24.3 Å². The summed E-state index contributed by atoms with van der Waals surface area (Å²) in [5, 5.41) is 28.6. The molecule has 0 aliphatic rings. The van der Waals surface area contributed by atoms with Gasteiger partial charge in [0.1, 0.15) is 16.3 Å². The Balaban J connectivity index is 2.68. The van der Waals surface area contributed by atoms with E-state index < -0.39 is 10.8 Å². The lowest BCUT2D eigenvalue weighted by molar-refractivity contribution is -0.136. The molecule has 0 amide bonds. The minimum absolute atomic E-state index is 0.160. The Hall–Kier alpha value is -2.01. The Labute approximate surface area is 118 Å². The number of hydrogen-bond acceptors (Lipinski definition) is 3. The van der Waals surface area contributed by atoms with Gasteiger partial charge in [-0.2, -0.15) is 0 Å². The van der Waals surface area contributed by atoms with Crippen molar-refractivity contribution in [2.75, 3.05) is 0 Å². The normalized spacial score (nSPS) is 12.1. The van der Waals surface area contributed by atoms with E-state index in [1.165, 1.54) is 12.1 Å². The largest absolute Gasteiger partial charge is 0.508 e. The highest BCUT2D eigenvalue weighted by Gasteiger charge is 2.23. The van der Waals surface area contributed by atoms with Crippen molar-refractivity contribution >= 4 is 21.9 Å². The number of phenolic OH excluding ortho intramolecular Hbond substituents is 2. The fourth-order valence-electron chi connectivity index (χ4n) is 1.89. The van der Waals surface area contributed by atoms with Crippen LogP contribution in [0.1, 0.15) is 10.4 Å². The van der Waals surface area contributed by atoms with Gasteiger partial charge in [-0.25, -0.2) is 0 Å². The quantitative estimate of drug-likeness (QED) is 0.758. The molecule has 0 radical (unpaired) electrons. The maximum Gasteiger partial charge on any atom is 0.321 e. The van der Waals surface area contributed by atoms with Gasteiger partial charge in [-0.3, -0.25) is 4.79 Å². The predicted molar refractivity (Wildman–Crippen MR) is 74.5 cm³/mol. The van der Waals surface area contributed by atoms with Gasteiger partial charge in [-0.1, -0.05) is 46.3 Å². The zero-order chi connectivity index (χ0) is 14.0. The number of aromatic hydroxyl groups is 2. The summed E-state index contributed by atoms with van der Waals surface area (Å²) in [4.78, 5) is 10.1. The molecule has 0 saturated carbocycles. The standard InChI is InChI=1S/C14H11BrO4/c15-13(14(18)19)10-6-9(16)7-11(17)12(10)8-4-2-1-3-5-8/h1-7,13,16-17H,(H,18,19). The van der Waals surface area contributed by atoms with Crippen molar-refractivity contribution in [2.24, 2.45) is 0 Å². The highest BCUT2D eigenvalue weighted by Crippen LogP contribution is 2.41. The lowest BCUT2D eigenvalue weighted by atomic mass is 9.96. The summed E-state index contributed by atoms with van der Waals surface area (Å²) in [6.07, 6.45) is 0. The lowest BCUT2D eigenvalue weighted by Gasteiger charge is -2.14. The molecule has 0 spiro atoms. The molecule has 0 bridgehead atoms. The maximum absolute atomic E-state index is 11.1. The fraction of sp³-hybridized carbons (Fsp3) is 0.0714. The van der Waals surface area contributed by atoms with Gasteiger partial charge in [0.05, 0.1) is 0 Å². The van der Waals surface area contributed by atoms with E-state index in [1.807, 2.05) is 6.07 Å². The third kappa shape index (κ3) is 2.71. The van der Waals surface area contributed by atoms with E-state index >= 15 is 0 Å². The first kappa shape index (κ1) is 13.4. The average molecular weight is 323 g/mol. The van der Waals surface area contributed by atoms with E-state index in [2.05, 4.69) is 15.9 Å². The van der Waals surface area contributed by atoms with Crippen molar-refractivity contribution in [3.63, 3.8) is 0 Å². The van der Waals surface area contributed by atoms with E-state index in [0.717, 1.165) is 0 Å². The van der Waals surface area contributed by atoms with Gasteiger partial charge in [-0.05, 0) is 17.2 Å². The van der Waals surface area contributed by atoms with Crippen LogP contribution in [0.15, 0.2) is 42.5 Å². The summed E-state index contributed by atoms with van der Waals surface area (Å²) in [5.74, 6) is -1.44. The second kappa shape index (κ2) is 5.32. The van der Waals surface area contributed by atoms with Gasteiger partial charge in [0, 0.05) is 11.6 Å². The summed E-state index contributed by atoms with van der Waals surface area (Å²) in [6.45, 7) is 0. The summed E-state index contributed by atoms with van der Waals surface area (Å²) in [6, 6.07) is 11.4. The SMILES string of the molecule is O=C(O)C(Br)c1cc(O)cc(O)c1-c1ccccc1. The molecule has 2 rings (SSSR count). The molecule has 5 heteroatoms. The van der Waals surface area contributed by atoms with Gasteiger partial charge in [0.15, 0.2) is 0 Å². The van der Waals surface area contributed by atoms with Gasteiger partial charge in [0.2, 0.25) is 0 Å². The molecule has 1 atom stereocenters. The number of carboxylic acid groups (broad SMARTS) is 1. The smallest absolute Gasteiger partial charge is 0.321 e. The number of halogens is 1. The van der Waals surface area contributed by atoms with Crippen molar-refractivity contribution in [3.8, 4) is 22.6 Å². The molecule has 2 aromatic carbocycles. The number of rotatable bonds is 3. The second-order valence-corrected chi connectivity index (χ2v) is 4.91. The highest BCUT2D eigenvalue weighted by molar-refractivity contribution is 9.09. The first-order valence-corrected chi connectivity index (χ1v) is 6.40. The lowest BCUT2D eigenvalue weighted by Crippen LogP contribution is -2.06. The molecule has 2 aromatic rings.